The van der Waals surface area contributed by atoms with Crippen molar-refractivity contribution in [2.45, 2.75) is 32.6 Å². The maximum absolute atomic E-state index is 13.7. The first-order valence-electron chi connectivity index (χ1n) is 10.9. The SMILES string of the molecule is CCOc1cccc2sc(N(CCN(CC)CC)C(=O)c3ccccc3SCC)nc12. The molecule has 0 unspecified atom stereocenters. The van der Waals surface area contributed by atoms with Crippen LogP contribution in [0.4, 0.5) is 5.13 Å². The number of ether oxygens (including phenoxy) is 1. The number of hydrogen-bond donors (Lipinski definition) is 0. The lowest BCUT2D eigenvalue weighted by molar-refractivity contribution is 0.0981. The van der Waals surface area contributed by atoms with Crippen LogP contribution in [-0.4, -0.2) is 54.3 Å². The van der Waals surface area contributed by atoms with Gasteiger partial charge in [0, 0.05) is 18.0 Å². The number of anilines is 1. The van der Waals surface area contributed by atoms with Crippen molar-refractivity contribution >= 4 is 44.4 Å². The second-order valence-corrected chi connectivity index (χ2v) is 9.26. The van der Waals surface area contributed by atoms with Crippen LogP contribution >= 0.6 is 23.1 Å². The smallest absolute Gasteiger partial charge is 0.261 e. The number of para-hydroxylation sites is 1. The lowest BCUT2D eigenvalue weighted by Crippen LogP contribution is -2.39. The van der Waals surface area contributed by atoms with Gasteiger partial charge in [0.15, 0.2) is 5.13 Å². The van der Waals surface area contributed by atoms with Gasteiger partial charge in [0.1, 0.15) is 11.3 Å². The zero-order valence-electron chi connectivity index (χ0n) is 18.8. The molecule has 1 aromatic heterocycles. The van der Waals surface area contributed by atoms with Crippen molar-refractivity contribution in [3.8, 4) is 5.75 Å². The molecule has 2 aromatic carbocycles. The Labute approximate surface area is 193 Å². The van der Waals surface area contributed by atoms with Crippen molar-refractivity contribution in [3.05, 3.63) is 48.0 Å². The number of aromatic nitrogens is 1. The summed E-state index contributed by atoms with van der Waals surface area (Å²) < 4.78 is 6.80. The summed E-state index contributed by atoms with van der Waals surface area (Å²) in [6, 6.07) is 13.8. The Hall–Kier alpha value is -2.09. The van der Waals surface area contributed by atoms with E-state index in [2.05, 4.69) is 25.7 Å². The van der Waals surface area contributed by atoms with Crippen LogP contribution in [0, 0.1) is 0 Å². The number of likely N-dealkylation sites (N-methyl/N-ethyl adjacent to an activating group) is 1. The highest BCUT2D eigenvalue weighted by atomic mass is 32.2. The standard InChI is InChI=1S/C24H31N3O2S2/c1-5-26(6-2)16-17-27(23(28)18-12-9-10-14-20(18)30-8-4)24-25-22-19(29-7-3)13-11-15-21(22)31-24/h9-15H,5-8,16-17H2,1-4H3. The molecule has 31 heavy (non-hydrogen) atoms. The summed E-state index contributed by atoms with van der Waals surface area (Å²) in [5.74, 6) is 1.68. The molecule has 0 radical (unpaired) electrons. The zero-order chi connectivity index (χ0) is 22.2. The first kappa shape index (κ1) is 23.6. The molecular weight excluding hydrogens is 426 g/mol. The number of benzene rings is 2. The molecule has 5 nitrogen and oxygen atoms in total. The minimum absolute atomic E-state index is 0.000669. The van der Waals surface area contributed by atoms with E-state index in [0.717, 1.165) is 56.9 Å². The van der Waals surface area contributed by atoms with E-state index in [-0.39, 0.29) is 5.91 Å². The molecule has 3 rings (SSSR count). The van der Waals surface area contributed by atoms with Gasteiger partial charge < -0.3 is 9.64 Å². The summed E-state index contributed by atoms with van der Waals surface area (Å²) in [7, 11) is 0. The fourth-order valence-electron chi connectivity index (χ4n) is 3.43. The van der Waals surface area contributed by atoms with Gasteiger partial charge >= 0.3 is 0 Å². The van der Waals surface area contributed by atoms with Crippen molar-refractivity contribution in [2.24, 2.45) is 0 Å². The maximum atomic E-state index is 13.7. The van der Waals surface area contributed by atoms with Crippen LogP contribution in [0.2, 0.25) is 0 Å². The first-order chi connectivity index (χ1) is 15.1. The number of rotatable bonds is 11. The molecule has 0 bridgehead atoms. The van der Waals surface area contributed by atoms with Crippen molar-refractivity contribution in [2.75, 3.05) is 43.4 Å². The molecule has 1 amide bonds. The fraction of sp³-hybridized carbons (Fsp3) is 0.417. The molecule has 0 atom stereocenters. The molecule has 0 aliphatic carbocycles. The van der Waals surface area contributed by atoms with Crippen LogP contribution in [0.15, 0.2) is 47.4 Å². The highest BCUT2D eigenvalue weighted by molar-refractivity contribution is 7.99. The van der Waals surface area contributed by atoms with Crippen molar-refractivity contribution in [1.82, 2.24) is 9.88 Å². The molecule has 3 aromatic rings. The number of thioether (sulfide) groups is 1. The van der Waals surface area contributed by atoms with Gasteiger partial charge in [0.05, 0.1) is 16.9 Å². The third kappa shape index (κ3) is 5.59. The van der Waals surface area contributed by atoms with Crippen LogP contribution in [0.5, 0.6) is 5.75 Å². The van der Waals surface area contributed by atoms with Gasteiger partial charge in [0.25, 0.3) is 5.91 Å². The van der Waals surface area contributed by atoms with E-state index in [1.54, 1.807) is 23.1 Å². The summed E-state index contributed by atoms with van der Waals surface area (Å²) in [6.07, 6.45) is 0. The van der Waals surface area contributed by atoms with E-state index < -0.39 is 0 Å². The van der Waals surface area contributed by atoms with Crippen LogP contribution in [-0.2, 0) is 0 Å². The van der Waals surface area contributed by atoms with Crippen molar-refractivity contribution in [1.29, 1.82) is 0 Å². The molecule has 0 N–H and O–H groups in total. The average Bonchev–Trinajstić information content (AvgIpc) is 3.22. The highest BCUT2D eigenvalue weighted by Crippen LogP contribution is 2.35. The Morgan fingerprint density at radius 2 is 1.81 bits per heavy atom. The maximum Gasteiger partial charge on any atom is 0.261 e. The van der Waals surface area contributed by atoms with Crippen molar-refractivity contribution in [3.63, 3.8) is 0 Å². The molecule has 0 spiro atoms. The molecular formula is C24H31N3O2S2. The van der Waals surface area contributed by atoms with Crippen LogP contribution in [0.25, 0.3) is 10.2 Å². The van der Waals surface area contributed by atoms with E-state index in [0.29, 0.717) is 13.2 Å². The highest BCUT2D eigenvalue weighted by Gasteiger charge is 2.24. The summed E-state index contributed by atoms with van der Waals surface area (Å²) in [5, 5.41) is 0.718. The Morgan fingerprint density at radius 1 is 1.03 bits per heavy atom. The van der Waals surface area contributed by atoms with Gasteiger partial charge in [-0.3, -0.25) is 9.69 Å². The lowest BCUT2D eigenvalue weighted by atomic mass is 10.2. The molecule has 0 saturated carbocycles. The van der Waals surface area contributed by atoms with Crippen LogP contribution in [0.3, 0.4) is 0 Å². The molecule has 166 valence electrons. The average molecular weight is 458 g/mol. The molecule has 0 saturated heterocycles. The topological polar surface area (TPSA) is 45.7 Å². The largest absolute Gasteiger partial charge is 0.492 e. The van der Waals surface area contributed by atoms with Crippen LogP contribution < -0.4 is 9.64 Å². The van der Waals surface area contributed by atoms with Gasteiger partial charge in [-0.1, -0.05) is 50.3 Å². The Balaban J connectivity index is 2.01. The third-order valence-electron chi connectivity index (χ3n) is 5.10. The van der Waals surface area contributed by atoms with Crippen molar-refractivity contribution < 1.29 is 9.53 Å². The van der Waals surface area contributed by atoms with Gasteiger partial charge in [-0.25, -0.2) is 4.98 Å². The summed E-state index contributed by atoms with van der Waals surface area (Å²) in [5.41, 5.74) is 1.55. The summed E-state index contributed by atoms with van der Waals surface area (Å²) >= 11 is 3.24. The monoisotopic (exact) mass is 457 g/mol. The van der Waals surface area contributed by atoms with E-state index >= 15 is 0 Å². The number of hydrogen-bond acceptors (Lipinski definition) is 6. The first-order valence-corrected chi connectivity index (χ1v) is 12.7. The second kappa shape index (κ2) is 11.5. The minimum Gasteiger partial charge on any atom is -0.492 e. The molecule has 0 aliphatic heterocycles. The lowest BCUT2D eigenvalue weighted by Gasteiger charge is -2.25. The summed E-state index contributed by atoms with van der Waals surface area (Å²) in [4.78, 5) is 23.8. The van der Waals surface area contributed by atoms with E-state index in [1.165, 1.54) is 0 Å². The Bertz CT molecular complexity index is 1000. The number of fused-ring (bicyclic) bond motifs is 1. The number of nitrogens with zero attached hydrogens (tertiary/aromatic N) is 3. The normalized spacial score (nSPS) is 11.3. The Morgan fingerprint density at radius 3 is 2.52 bits per heavy atom. The van der Waals surface area contributed by atoms with Gasteiger partial charge in [0.2, 0.25) is 0 Å². The predicted octanol–water partition coefficient (Wildman–Crippen LogP) is 5.80. The van der Waals surface area contributed by atoms with Gasteiger partial charge in [-0.05, 0) is 50.0 Å². The fourth-order valence-corrected chi connectivity index (χ4v) is 5.24. The predicted molar refractivity (Wildman–Crippen MR) is 133 cm³/mol. The second-order valence-electron chi connectivity index (χ2n) is 6.95. The van der Waals surface area contributed by atoms with Gasteiger partial charge in [-0.2, -0.15) is 0 Å². The Kier molecular flexibility index (Phi) is 8.75. The summed E-state index contributed by atoms with van der Waals surface area (Å²) in [6.45, 7) is 12.2. The van der Waals surface area contributed by atoms with Gasteiger partial charge in [-0.15, -0.1) is 11.8 Å². The van der Waals surface area contributed by atoms with E-state index in [9.17, 15) is 4.79 Å². The number of carbonyl (C=O) groups excluding carboxylic acids is 1. The van der Waals surface area contributed by atoms with Crippen LogP contribution in [0.1, 0.15) is 38.1 Å². The van der Waals surface area contributed by atoms with E-state index in [4.69, 9.17) is 9.72 Å². The quantitative estimate of drug-likeness (QED) is 0.341. The molecule has 0 aliphatic rings. The number of amides is 1. The number of thiazole rings is 1. The zero-order valence-corrected chi connectivity index (χ0v) is 20.4. The molecule has 7 heteroatoms. The number of carbonyl (C=O) groups is 1. The minimum atomic E-state index is 0.000669. The third-order valence-corrected chi connectivity index (χ3v) is 7.10. The molecule has 1 heterocycles. The molecule has 0 fully saturated rings. The van der Waals surface area contributed by atoms with E-state index in [1.807, 2.05) is 54.3 Å².